The fourth-order valence-corrected chi connectivity index (χ4v) is 2.98. The minimum Gasteiger partial charge on any atom is -0.273 e. The van der Waals surface area contributed by atoms with Gasteiger partial charge in [0.05, 0.1) is 12.1 Å². The molecule has 0 bridgehead atoms. The van der Waals surface area contributed by atoms with Crippen LogP contribution in [0.1, 0.15) is 31.4 Å². The van der Waals surface area contributed by atoms with Crippen molar-refractivity contribution >= 4 is 5.91 Å². The third kappa shape index (κ3) is 1.66. The van der Waals surface area contributed by atoms with Gasteiger partial charge in [-0.2, -0.15) is 0 Å². The van der Waals surface area contributed by atoms with Crippen molar-refractivity contribution in [3.8, 4) is 0 Å². The lowest BCUT2D eigenvalue weighted by Gasteiger charge is -2.44. The first kappa shape index (κ1) is 11.5. The molecule has 3 rings (SSSR count). The highest BCUT2D eigenvalue weighted by atomic mass is 16.2. The van der Waals surface area contributed by atoms with Crippen molar-refractivity contribution in [2.45, 2.75) is 31.8 Å². The maximum atomic E-state index is 12.0. The number of rotatable bonds is 1. The quantitative estimate of drug-likeness (QED) is 0.706. The highest BCUT2D eigenvalue weighted by Gasteiger charge is 2.42. The Morgan fingerprint density at radius 2 is 2.00 bits per heavy atom. The normalized spacial score (nSPS) is 28.6. The van der Waals surface area contributed by atoms with Gasteiger partial charge in [0.25, 0.3) is 0 Å². The Bertz CT molecular complexity index is 483. The summed E-state index contributed by atoms with van der Waals surface area (Å²) in [5.41, 5.74) is 2.42. The molecule has 94 valence electrons. The number of nitrogens with zero attached hydrogens (tertiary/aromatic N) is 2. The summed E-state index contributed by atoms with van der Waals surface area (Å²) in [6.45, 7) is 7.04. The van der Waals surface area contributed by atoms with Gasteiger partial charge in [0.15, 0.2) is 0 Å². The summed E-state index contributed by atoms with van der Waals surface area (Å²) in [7, 11) is 0. The number of amides is 1. The molecule has 3 nitrogen and oxygen atoms in total. The van der Waals surface area contributed by atoms with Gasteiger partial charge in [-0.1, -0.05) is 42.5 Å². The Hall–Kier alpha value is -1.61. The number of benzene rings is 1. The monoisotopic (exact) mass is 242 g/mol. The van der Waals surface area contributed by atoms with Crippen molar-refractivity contribution in [1.29, 1.82) is 0 Å². The zero-order valence-electron chi connectivity index (χ0n) is 10.7. The molecule has 1 amide bonds. The lowest BCUT2D eigenvalue weighted by molar-refractivity contribution is -0.147. The Labute approximate surface area is 108 Å². The second-order valence-corrected chi connectivity index (χ2v) is 5.12. The van der Waals surface area contributed by atoms with E-state index in [9.17, 15) is 4.79 Å². The van der Waals surface area contributed by atoms with Crippen LogP contribution in [0.15, 0.2) is 42.5 Å². The van der Waals surface area contributed by atoms with Gasteiger partial charge in [-0.3, -0.25) is 9.80 Å². The van der Waals surface area contributed by atoms with E-state index in [1.165, 1.54) is 5.56 Å². The van der Waals surface area contributed by atoms with Crippen LogP contribution in [-0.2, 0) is 4.79 Å². The van der Waals surface area contributed by atoms with Crippen LogP contribution in [0.5, 0.6) is 0 Å². The van der Waals surface area contributed by atoms with E-state index < -0.39 is 0 Å². The maximum Gasteiger partial charge on any atom is 0.238 e. The summed E-state index contributed by atoms with van der Waals surface area (Å²) in [5.74, 6) is 0.226. The summed E-state index contributed by atoms with van der Waals surface area (Å²) < 4.78 is 0. The number of carbonyl (C=O) groups excluding carboxylic acids is 1. The molecule has 1 aromatic rings. The molecule has 0 aliphatic carbocycles. The third-order valence-electron chi connectivity index (χ3n) is 4.04. The molecule has 2 aliphatic heterocycles. The van der Waals surface area contributed by atoms with Gasteiger partial charge in [0.1, 0.15) is 0 Å². The van der Waals surface area contributed by atoms with Gasteiger partial charge >= 0.3 is 0 Å². The maximum absolute atomic E-state index is 12.0. The molecule has 18 heavy (non-hydrogen) atoms. The Morgan fingerprint density at radius 1 is 1.28 bits per heavy atom. The zero-order chi connectivity index (χ0) is 12.7. The van der Waals surface area contributed by atoms with E-state index in [0.717, 1.165) is 18.5 Å². The van der Waals surface area contributed by atoms with Crippen LogP contribution in [0.3, 0.4) is 0 Å². The molecule has 0 N–H and O–H groups in total. The first-order valence-electron chi connectivity index (χ1n) is 6.49. The topological polar surface area (TPSA) is 23.6 Å². The van der Waals surface area contributed by atoms with Gasteiger partial charge < -0.3 is 0 Å². The summed E-state index contributed by atoms with van der Waals surface area (Å²) in [4.78, 5) is 12.0. The van der Waals surface area contributed by atoms with Crippen molar-refractivity contribution in [3.63, 3.8) is 0 Å². The molecule has 1 aromatic carbocycles. The second kappa shape index (κ2) is 4.25. The van der Waals surface area contributed by atoms with E-state index in [2.05, 4.69) is 42.8 Å². The average molecular weight is 242 g/mol. The van der Waals surface area contributed by atoms with E-state index in [1.54, 1.807) is 0 Å². The SMILES string of the molecule is C=C1CC(c2ccccc2)N2CCC(=O)N2C1C. The average Bonchev–Trinajstić information content (AvgIpc) is 2.77. The number of hydrogen-bond acceptors (Lipinski definition) is 2. The minimum absolute atomic E-state index is 0.139. The lowest BCUT2D eigenvalue weighted by atomic mass is 9.93. The van der Waals surface area contributed by atoms with Gasteiger partial charge in [0.2, 0.25) is 5.91 Å². The largest absolute Gasteiger partial charge is 0.273 e. The van der Waals surface area contributed by atoms with Crippen molar-refractivity contribution in [1.82, 2.24) is 10.0 Å². The van der Waals surface area contributed by atoms with Gasteiger partial charge in [-0.25, -0.2) is 5.01 Å². The number of hydrazine groups is 1. The lowest BCUT2D eigenvalue weighted by Crippen LogP contribution is -2.51. The summed E-state index contributed by atoms with van der Waals surface area (Å²) in [6, 6.07) is 10.8. The van der Waals surface area contributed by atoms with Gasteiger partial charge in [-0.05, 0) is 18.9 Å². The molecule has 2 unspecified atom stereocenters. The molecular formula is C15H18N2O. The van der Waals surface area contributed by atoms with Crippen LogP contribution in [-0.4, -0.2) is 28.5 Å². The van der Waals surface area contributed by atoms with Gasteiger partial charge in [0, 0.05) is 13.0 Å². The molecule has 2 saturated heterocycles. The predicted octanol–water partition coefficient (Wildman–Crippen LogP) is 2.53. The van der Waals surface area contributed by atoms with Crippen molar-refractivity contribution in [2.75, 3.05) is 6.54 Å². The van der Waals surface area contributed by atoms with Crippen LogP contribution < -0.4 is 0 Å². The molecule has 2 aliphatic rings. The van der Waals surface area contributed by atoms with Crippen molar-refractivity contribution in [2.24, 2.45) is 0 Å². The Balaban J connectivity index is 1.97. The van der Waals surface area contributed by atoms with Gasteiger partial charge in [-0.15, -0.1) is 0 Å². The fourth-order valence-electron chi connectivity index (χ4n) is 2.98. The van der Waals surface area contributed by atoms with Crippen molar-refractivity contribution in [3.05, 3.63) is 48.0 Å². The summed E-state index contributed by atoms with van der Waals surface area (Å²) in [6.07, 6.45) is 1.57. The molecule has 0 aromatic heterocycles. The highest BCUT2D eigenvalue weighted by molar-refractivity contribution is 5.78. The van der Waals surface area contributed by atoms with E-state index in [1.807, 2.05) is 11.1 Å². The highest BCUT2D eigenvalue weighted by Crippen LogP contribution is 2.39. The van der Waals surface area contributed by atoms with Crippen LogP contribution in [0, 0.1) is 0 Å². The van der Waals surface area contributed by atoms with Crippen LogP contribution in [0.4, 0.5) is 0 Å². The zero-order valence-corrected chi connectivity index (χ0v) is 10.7. The van der Waals surface area contributed by atoms with Crippen LogP contribution in [0.2, 0.25) is 0 Å². The first-order valence-corrected chi connectivity index (χ1v) is 6.49. The predicted molar refractivity (Wildman–Crippen MR) is 70.6 cm³/mol. The first-order chi connectivity index (χ1) is 8.68. The number of carbonyl (C=O) groups is 1. The fraction of sp³-hybridized carbons (Fsp3) is 0.400. The number of hydrogen-bond donors (Lipinski definition) is 0. The van der Waals surface area contributed by atoms with Crippen LogP contribution >= 0.6 is 0 Å². The molecule has 0 radical (unpaired) electrons. The summed E-state index contributed by atoms with van der Waals surface area (Å²) >= 11 is 0. The summed E-state index contributed by atoms with van der Waals surface area (Å²) in [5, 5.41) is 4.13. The molecule has 3 heteroatoms. The standard InChI is InChI=1S/C15H18N2O/c1-11-10-14(13-6-4-3-5-7-13)16-9-8-15(18)17(16)12(11)2/h3-7,12,14H,1,8-10H2,2H3. The Morgan fingerprint density at radius 3 is 2.72 bits per heavy atom. The molecule has 2 fully saturated rings. The Kier molecular flexibility index (Phi) is 2.71. The van der Waals surface area contributed by atoms with E-state index in [0.29, 0.717) is 6.42 Å². The van der Waals surface area contributed by atoms with E-state index in [-0.39, 0.29) is 18.0 Å². The van der Waals surface area contributed by atoms with Crippen LogP contribution in [0.25, 0.3) is 0 Å². The molecule has 0 saturated carbocycles. The smallest absolute Gasteiger partial charge is 0.238 e. The third-order valence-corrected chi connectivity index (χ3v) is 4.04. The minimum atomic E-state index is 0.139. The number of fused-ring (bicyclic) bond motifs is 1. The molecule has 0 spiro atoms. The van der Waals surface area contributed by atoms with E-state index >= 15 is 0 Å². The van der Waals surface area contributed by atoms with Crippen molar-refractivity contribution < 1.29 is 4.79 Å². The molecular weight excluding hydrogens is 224 g/mol. The molecule has 2 atom stereocenters. The van der Waals surface area contributed by atoms with E-state index in [4.69, 9.17) is 0 Å². The molecule has 2 heterocycles. The second-order valence-electron chi connectivity index (χ2n) is 5.12.